The first-order chi connectivity index (χ1) is 9.68. The van der Waals surface area contributed by atoms with Crippen LogP contribution in [0.25, 0.3) is 0 Å². The molecule has 8 heteroatoms. The molecule has 0 spiro atoms. The van der Waals surface area contributed by atoms with Gasteiger partial charge in [-0.25, -0.2) is 4.68 Å². The highest BCUT2D eigenvalue weighted by atomic mass is 32.2. The number of aromatic nitrogens is 4. The van der Waals surface area contributed by atoms with Gasteiger partial charge >= 0.3 is 0 Å². The van der Waals surface area contributed by atoms with Gasteiger partial charge in [-0.2, -0.15) is 0 Å². The van der Waals surface area contributed by atoms with Crippen LogP contribution in [-0.4, -0.2) is 56.6 Å². The van der Waals surface area contributed by atoms with Gasteiger partial charge in [0.25, 0.3) is 0 Å². The van der Waals surface area contributed by atoms with Crippen LogP contribution in [0.5, 0.6) is 0 Å². The van der Waals surface area contributed by atoms with E-state index in [9.17, 15) is 4.79 Å². The third-order valence-electron chi connectivity index (χ3n) is 3.33. The molecule has 0 bridgehead atoms. The molecule has 1 fully saturated rings. The third-order valence-corrected chi connectivity index (χ3v) is 4.43. The zero-order chi connectivity index (χ0) is 14.4. The monoisotopic (exact) mass is 299 g/mol. The van der Waals surface area contributed by atoms with Gasteiger partial charge in [-0.1, -0.05) is 11.8 Å². The fourth-order valence-corrected chi connectivity index (χ4v) is 2.89. The summed E-state index contributed by atoms with van der Waals surface area (Å²) in [5.41, 5.74) is 0. The number of aryl methyl sites for hydroxylation is 1. The molecule has 1 atom stereocenters. The van der Waals surface area contributed by atoms with E-state index in [-0.39, 0.29) is 12.1 Å². The Balaban J connectivity index is 1.65. The molecule has 20 heavy (non-hydrogen) atoms. The molecule has 1 aliphatic rings. The highest BCUT2D eigenvalue weighted by Gasteiger charge is 2.22. The van der Waals surface area contributed by atoms with Crippen LogP contribution >= 0.6 is 11.8 Å². The topological polar surface area (TPSA) is 73.1 Å². The lowest BCUT2D eigenvalue weighted by atomic mass is 10.1. The van der Waals surface area contributed by atoms with E-state index in [4.69, 9.17) is 4.74 Å². The number of amides is 1. The Bertz CT molecular complexity index is 433. The average Bonchev–Trinajstić information content (AvgIpc) is 2.89. The highest BCUT2D eigenvalue weighted by molar-refractivity contribution is 7.99. The lowest BCUT2D eigenvalue weighted by Gasteiger charge is -2.31. The standard InChI is InChI=1S/C12H21N5O2S/c1-16(11-7-3-4-8-19-11)10(18)6-5-9-20-12-13-14-15-17(12)2/h11H,3-9H2,1-2H3. The molecule has 0 radical (unpaired) electrons. The number of rotatable bonds is 6. The van der Waals surface area contributed by atoms with Crippen molar-refractivity contribution in [2.45, 2.75) is 43.5 Å². The molecular weight excluding hydrogens is 278 g/mol. The maximum atomic E-state index is 12.1. The number of hydrogen-bond donors (Lipinski definition) is 0. The number of nitrogens with zero attached hydrogens (tertiary/aromatic N) is 5. The van der Waals surface area contributed by atoms with Crippen molar-refractivity contribution < 1.29 is 9.53 Å². The molecule has 0 N–H and O–H groups in total. The molecule has 7 nitrogen and oxygen atoms in total. The minimum atomic E-state index is -0.0353. The van der Waals surface area contributed by atoms with E-state index in [0.29, 0.717) is 6.42 Å². The second kappa shape index (κ2) is 7.58. The number of carbonyl (C=O) groups is 1. The molecule has 0 aliphatic carbocycles. The summed E-state index contributed by atoms with van der Waals surface area (Å²) in [6, 6.07) is 0. The lowest BCUT2D eigenvalue weighted by molar-refractivity contribution is -0.147. The summed E-state index contributed by atoms with van der Waals surface area (Å²) < 4.78 is 7.25. The van der Waals surface area contributed by atoms with Crippen LogP contribution in [0.15, 0.2) is 5.16 Å². The van der Waals surface area contributed by atoms with Crippen LogP contribution in [-0.2, 0) is 16.6 Å². The predicted octanol–water partition coefficient (Wildman–Crippen LogP) is 1.07. The highest BCUT2D eigenvalue weighted by Crippen LogP contribution is 2.18. The maximum Gasteiger partial charge on any atom is 0.224 e. The van der Waals surface area contributed by atoms with Crippen LogP contribution in [0.3, 0.4) is 0 Å². The van der Waals surface area contributed by atoms with E-state index in [1.165, 1.54) is 0 Å². The van der Waals surface area contributed by atoms with Crippen LogP contribution in [0.1, 0.15) is 32.1 Å². The van der Waals surface area contributed by atoms with E-state index < -0.39 is 0 Å². The van der Waals surface area contributed by atoms with E-state index >= 15 is 0 Å². The zero-order valence-electron chi connectivity index (χ0n) is 12.0. The molecule has 1 saturated heterocycles. The third kappa shape index (κ3) is 4.17. The molecular formula is C12H21N5O2S. The lowest BCUT2D eigenvalue weighted by Crippen LogP contribution is -2.40. The van der Waals surface area contributed by atoms with Gasteiger partial charge in [0.2, 0.25) is 11.1 Å². The van der Waals surface area contributed by atoms with Crippen LogP contribution < -0.4 is 0 Å². The molecule has 1 aromatic heterocycles. The fourth-order valence-electron chi connectivity index (χ4n) is 2.10. The summed E-state index contributed by atoms with van der Waals surface area (Å²) >= 11 is 1.57. The van der Waals surface area contributed by atoms with Gasteiger partial charge in [-0.15, -0.1) is 5.10 Å². The summed E-state index contributed by atoms with van der Waals surface area (Å²) in [5, 5.41) is 12.0. The quantitative estimate of drug-likeness (QED) is 0.578. The molecule has 2 rings (SSSR count). The zero-order valence-corrected chi connectivity index (χ0v) is 12.8. The van der Waals surface area contributed by atoms with Crippen molar-refractivity contribution in [3.05, 3.63) is 0 Å². The summed E-state index contributed by atoms with van der Waals surface area (Å²) in [4.78, 5) is 13.8. The summed E-state index contributed by atoms with van der Waals surface area (Å²) in [7, 11) is 3.64. The van der Waals surface area contributed by atoms with Gasteiger partial charge in [-0.05, 0) is 36.1 Å². The van der Waals surface area contributed by atoms with Crippen molar-refractivity contribution >= 4 is 17.7 Å². The van der Waals surface area contributed by atoms with Crippen LogP contribution in [0.2, 0.25) is 0 Å². The molecule has 1 unspecified atom stereocenters. The summed E-state index contributed by atoms with van der Waals surface area (Å²) in [6.45, 7) is 0.761. The second-order valence-electron chi connectivity index (χ2n) is 4.86. The van der Waals surface area contributed by atoms with Gasteiger partial charge in [0.15, 0.2) is 0 Å². The number of ether oxygens (including phenoxy) is 1. The number of thioether (sulfide) groups is 1. The van der Waals surface area contributed by atoms with Gasteiger partial charge in [0.05, 0.1) is 0 Å². The maximum absolute atomic E-state index is 12.1. The normalized spacial score (nSPS) is 19.0. The molecule has 2 heterocycles. The fraction of sp³-hybridized carbons (Fsp3) is 0.833. The first-order valence-electron chi connectivity index (χ1n) is 6.91. The average molecular weight is 299 g/mol. The molecule has 112 valence electrons. The molecule has 0 aromatic carbocycles. The molecule has 1 aromatic rings. The van der Waals surface area contributed by atoms with Crippen molar-refractivity contribution in [1.82, 2.24) is 25.1 Å². The number of carbonyl (C=O) groups excluding carboxylic acids is 1. The van der Waals surface area contributed by atoms with E-state index in [0.717, 1.165) is 43.2 Å². The Kier molecular flexibility index (Phi) is 5.78. The summed E-state index contributed by atoms with van der Waals surface area (Å²) in [6.07, 6.45) is 4.49. The Morgan fingerprint density at radius 2 is 2.40 bits per heavy atom. The van der Waals surface area contributed by atoms with Crippen LogP contribution in [0, 0.1) is 0 Å². The van der Waals surface area contributed by atoms with Crippen molar-refractivity contribution in [2.24, 2.45) is 7.05 Å². The Morgan fingerprint density at radius 1 is 1.55 bits per heavy atom. The van der Waals surface area contributed by atoms with Crippen molar-refractivity contribution in [1.29, 1.82) is 0 Å². The largest absolute Gasteiger partial charge is 0.358 e. The SMILES string of the molecule is CN(C(=O)CCCSc1nnnn1C)C1CCCCO1. The van der Waals surface area contributed by atoms with Gasteiger partial charge in [0.1, 0.15) is 6.23 Å². The van der Waals surface area contributed by atoms with E-state index in [1.807, 2.05) is 14.1 Å². The predicted molar refractivity (Wildman–Crippen MR) is 75.1 cm³/mol. The van der Waals surface area contributed by atoms with Crippen LogP contribution in [0.4, 0.5) is 0 Å². The smallest absolute Gasteiger partial charge is 0.224 e. The minimum Gasteiger partial charge on any atom is -0.358 e. The second-order valence-corrected chi connectivity index (χ2v) is 5.93. The Morgan fingerprint density at radius 3 is 3.05 bits per heavy atom. The summed E-state index contributed by atoms with van der Waals surface area (Å²) in [5.74, 6) is 0.979. The first-order valence-corrected chi connectivity index (χ1v) is 7.89. The van der Waals surface area contributed by atoms with Gasteiger partial charge in [-0.3, -0.25) is 4.79 Å². The molecule has 0 saturated carbocycles. The van der Waals surface area contributed by atoms with Crippen molar-refractivity contribution in [3.8, 4) is 0 Å². The van der Waals surface area contributed by atoms with E-state index in [1.54, 1.807) is 21.3 Å². The number of hydrogen-bond acceptors (Lipinski definition) is 6. The minimum absolute atomic E-state index is 0.0353. The Hall–Kier alpha value is -1.15. The van der Waals surface area contributed by atoms with Gasteiger partial charge < -0.3 is 9.64 Å². The number of tetrazole rings is 1. The molecule has 1 aliphatic heterocycles. The Labute approximate surface area is 123 Å². The van der Waals surface area contributed by atoms with Crippen molar-refractivity contribution in [2.75, 3.05) is 19.4 Å². The van der Waals surface area contributed by atoms with E-state index in [2.05, 4.69) is 15.5 Å². The van der Waals surface area contributed by atoms with Crippen molar-refractivity contribution in [3.63, 3.8) is 0 Å². The van der Waals surface area contributed by atoms with Gasteiger partial charge in [0, 0.05) is 32.9 Å². The first kappa shape index (κ1) is 15.2. The molecule has 1 amide bonds.